The molecule has 0 aromatic heterocycles. The van der Waals surface area contributed by atoms with Crippen LogP contribution in [-0.4, -0.2) is 11.7 Å². The van der Waals surface area contributed by atoms with Gasteiger partial charge in [0.1, 0.15) is 5.41 Å². The number of halogens is 2. The van der Waals surface area contributed by atoms with Gasteiger partial charge >= 0.3 is 0 Å². The second kappa shape index (κ2) is 5.87. The van der Waals surface area contributed by atoms with Gasteiger partial charge in [0.15, 0.2) is 17.4 Å². The molecule has 122 valence electrons. The Morgan fingerprint density at radius 1 is 1.22 bits per heavy atom. The van der Waals surface area contributed by atoms with Crippen molar-refractivity contribution >= 4 is 11.7 Å². The van der Waals surface area contributed by atoms with E-state index in [2.05, 4.69) is 5.32 Å². The van der Waals surface area contributed by atoms with E-state index in [4.69, 9.17) is 0 Å². The Morgan fingerprint density at radius 2 is 1.91 bits per heavy atom. The van der Waals surface area contributed by atoms with Crippen LogP contribution in [0.5, 0.6) is 0 Å². The van der Waals surface area contributed by atoms with Crippen LogP contribution in [0, 0.1) is 17.0 Å². The number of benzene rings is 1. The highest BCUT2D eigenvalue weighted by molar-refractivity contribution is 6.14. The first-order valence-electron chi connectivity index (χ1n) is 7.94. The number of allylic oxidation sites excluding steroid dienone is 2. The molecule has 0 unspecified atom stereocenters. The normalized spacial score (nSPS) is 21.3. The van der Waals surface area contributed by atoms with E-state index >= 15 is 0 Å². The van der Waals surface area contributed by atoms with Gasteiger partial charge in [-0.3, -0.25) is 9.59 Å². The Bertz CT molecular complexity index is 690. The van der Waals surface area contributed by atoms with Crippen LogP contribution < -0.4 is 5.32 Å². The van der Waals surface area contributed by atoms with Gasteiger partial charge in [0.2, 0.25) is 5.91 Å². The van der Waals surface area contributed by atoms with Gasteiger partial charge in [-0.1, -0.05) is 31.9 Å². The average molecular weight is 319 g/mol. The molecule has 23 heavy (non-hydrogen) atoms. The van der Waals surface area contributed by atoms with Crippen molar-refractivity contribution in [3.8, 4) is 0 Å². The average Bonchev–Trinajstić information content (AvgIpc) is 2.99. The Kier molecular flexibility index (Phi) is 4.04. The third-order valence-corrected chi connectivity index (χ3v) is 4.98. The first kappa shape index (κ1) is 15.8. The van der Waals surface area contributed by atoms with Crippen LogP contribution in [-0.2, 0) is 9.59 Å². The van der Waals surface area contributed by atoms with Crippen LogP contribution in [0.1, 0.15) is 50.5 Å². The van der Waals surface area contributed by atoms with E-state index in [1.807, 2.05) is 0 Å². The summed E-state index contributed by atoms with van der Waals surface area (Å²) in [4.78, 5) is 24.8. The van der Waals surface area contributed by atoms with Gasteiger partial charge in [0.25, 0.3) is 0 Å². The summed E-state index contributed by atoms with van der Waals surface area (Å²) in [6.07, 6.45) is 4.71. The maximum atomic E-state index is 13.9. The molecule has 1 N–H and O–H groups in total. The highest BCUT2D eigenvalue weighted by atomic mass is 19.2. The Hall–Kier alpha value is -2.04. The number of nitrogens with one attached hydrogen (secondary N) is 1. The van der Waals surface area contributed by atoms with Crippen LogP contribution in [0.15, 0.2) is 30.0 Å². The van der Waals surface area contributed by atoms with E-state index in [0.717, 1.165) is 18.9 Å². The number of ketones is 1. The Morgan fingerprint density at radius 3 is 2.57 bits per heavy atom. The topological polar surface area (TPSA) is 46.2 Å². The number of hydrogen-bond donors (Lipinski definition) is 1. The number of rotatable bonds is 3. The Labute approximate surface area is 133 Å². The zero-order valence-electron chi connectivity index (χ0n) is 13.0. The third kappa shape index (κ3) is 2.69. The van der Waals surface area contributed by atoms with E-state index in [9.17, 15) is 18.4 Å². The molecule has 0 radical (unpaired) electrons. The molecule has 0 bridgehead atoms. The fraction of sp³-hybridized carbons (Fsp3) is 0.444. The van der Waals surface area contributed by atoms with Gasteiger partial charge in [-0.2, -0.15) is 0 Å². The lowest BCUT2D eigenvalue weighted by Crippen LogP contribution is -2.47. The number of carbonyl (C=O) groups excluding carboxylic acids is 2. The van der Waals surface area contributed by atoms with Crippen molar-refractivity contribution in [2.75, 3.05) is 0 Å². The van der Waals surface area contributed by atoms with Crippen LogP contribution in [0.3, 0.4) is 0 Å². The molecule has 1 aliphatic carbocycles. The van der Waals surface area contributed by atoms with Crippen LogP contribution in [0.4, 0.5) is 8.78 Å². The van der Waals surface area contributed by atoms with Crippen LogP contribution >= 0.6 is 0 Å². The smallest absolute Gasteiger partial charge is 0.238 e. The summed E-state index contributed by atoms with van der Waals surface area (Å²) >= 11 is 0. The molecule has 3 rings (SSSR count). The van der Waals surface area contributed by atoms with Crippen LogP contribution in [0.2, 0.25) is 0 Å². The number of carbonyl (C=O) groups is 2. The highest BCUT2D eigenvalue weighted by Gasteiger charge is 2.48. The molecule has 1 atom stereocenters. The standard InChI is InChI=1S/C18H19F2NO2/c1-11(13-5-4-6-14(19)16(13)20)9-12-10-15(22)18(17(23)21-12)7-2-3-8-18/h4-6,10-11H,2-3,7-9H2,1H3,(H,21,23)/t11-/m1/s1. The lowest BCUT2D eigenvalue weighted by atomic mass is 9.77. The maximum absolute atomic E-state index is 13.9. The number of amides is 1. The van der Waals surface area contributed by atoms with Gasteiger partial charge in [0, 0.05) is 11.8 Å². The molecule has 1 saturated carbocycles. The molecule has 1 heterocycles. The molecule has 1 aromatic rings. The molecule has 1 amide bonds. The molecular weight excluding hydrogens is 300 g/mol. The monoisotopic (exact) mass is 319 g/mol. The second-order valence-electron chi connectivity index (χ2n) is 6.53. The quantitative estimate of drug-likeness (QED) is 0.865. The largest absolute Gasteiger partial charge is 0.329 e. The highest BCUT2D eigenvalue weighted by Crippen LogP contribution is 2.42. The summed E-state index contributed by atoms with van der Waals surface area (Å²) < 4.78 is 27.2. The van der Waals surface area contributed by atoms with Gasteiger partial charge in [-0.25, -0.2) is 8.78 Å². The molecule has 1 fully saturated rings. The van der Waals surface area contributed by atoms with Gasteiger partial charge < -0.3 is 5.32 Å². The zero-order valence-corrected chi connectivity index (χ0v) is 13.0. The molecule has 1 aromatic carbocycles. The minimum Gasteiger partial charge on any atom is -0.329 e. The first-order valence-corrected chi connectivity index (χ1v) is 7.94. The molecule has 1 aliphatic heterocycles. The van der Waals surface area contributed by atoms with E-state index in [1.165, 1.54) is 18.2 Å². The molecule has 2 aliphatic rings. The lowest BCUT2D eigenvalue weighted by Gasteiger charge is -2.30. The maximum Gasteiger partial charge on any atom is 0.238 e. The predicted octanol–water partition coefficient (Wildman–Crippen LogP) is 3.60. The Balaban J connectivity index is 1.80. The van der Waals surface area contributed by atoms with E-state index in [0.29, 0.717) is 18.5 Å². The number of hydrogen-bond acceptors (Lipinski definition) is 2. The van der Waals surface area contributed by atoms with Crippen molar-refractivity contribution in [3.63, 3.8) is 0 Å². The molecule has 5 heteroatoms. The van der Waals surface area contributed by atoms with Crippen molar-refractivity contribution in [1.29, 1.82) is 0 Å². The summed E-state index contributed by atoms with van der Waals surface area (Å²) in [7, 11) is 0. The van der Waals surface area contributed by atoms with Crippen molar-refractivity contribution in [1.82, 2.24) is 5.32 Å². The van der Waals surface area contributed by atoms with E-state index < -0.39 is 17.0 Å². The third-order valence-electron chi connectivity index (χ3n) is 4.98. The summed E-state index contributed by atoms with van der Waals surface area (Å²) in [6.45, 7) is 1.75. The summed E-state index contributed by atoms with van der Waals surface area (Å²) in [5, 5.41) is 2.80. The van der Waals surface area contributed by atoms with Crippen LogP contribution in [0.25, 0.3) is 0 Å². The zero-order chi connectivity index (χ0) is 16.6. The minimum absolute atomic E-state index is 0.152. The minimum atomic E-state index is -0.892. The van der Waals surface area contributed by atoms with Crippen molar-refractivity contribution in [2.24, 2.45) is 5.41 Å². The summed E-state index contributed by atoms with van der Waals surface area (Å²) in [6, 6.07) is 4.05. The molecule has 1 spiro atoms. The fourth-order valence-electron chi connectivity index (χ4n) is 3.61. The van der Waals surface area contributed by atoms with Crippen molar-refractivity contribution in [3.05, 3.63) is 47.2 Å². The molecular formula is C18H19F2NO2. The first-order chi connectivity index (χ1) is 10.9. The molecule has 3 nitrogen and oxygen atoms in total. The SMILES string of the molecule is C[C@H](CC1=CC(=O)C2(CCCC2)C(=O)N1)c1cccc(F)c1F. The van der Waals surface area contributed by atoms with Gasteiger partial charge in [0.05, 0.1) is 0 Å². The lowest BCUT2D eigenvalue weighted by molar-refractivity contribution is -0.140. The van der Waals surface area contributed by atoms with Crippen molar-refractivity contribution < 1.29 is 18.4 Å². The summed E-state index contributed by atoms with van der Waals surface area (Å²) in [5.74, 6) is -2.51. The second-order valence-corrected chi connectivity index (χ2v) is 6.53. The van der Waals surface area contributed by atoms with Gasteiger partial charge in [-0.05, 0) is 36.8 Å². The van der Waals surface area contributed by atoms with Crippen molar-refractivity contribution in [2.45, 2.75) is 44.9 Å². The fourth-order valence-corrected chi connectivity index (χ4v) is 3.61. The molecule has 0 saturated heterocycles. The predicted molar refractivity (Wildman–Crippen MR) is 81.5 cm³/mol. The van der Waals surface area contributed by atoms with E-state index in [-0.39, 0.29) is 29.6 Å². The van der Waals surface area contributed by atoms with E-state index in [1.54, 1.807) is 6.92 Å². The van der Waals surface area contributed by atoms with Gasteiger partial charge in [-0.15, -0.1) is 0 Å². The summed E-state index contributed by atoms with van der Waals surface area (Å²) in [5.41, 5.74) is -0.168.